The Bertz CT molecular complexity index is 489. The molecule has 1 aromatic carbocycles. The largest absolute Gasteiger partial charge is 0.325 e. The summed E-state index contributed by atoms with van der Waals surface area (Å²) in [6.45, 7) is 4.58. The van der Waals surface area contributed by atoms with Crippen LogP contribution in [0.2, 0.25) is 0 Å². The van der Waals surface area contributed by atoms with Gasteiger partial charge in [-0.3, -0.25) is 0 Å². The van der Waals surface area contributed by atoms with Crippen molar-refractivity contribution >= 4 is 0 Å². The minimum absolute atomic E-state index is 0.431. The summed E-state index contributed by atoms with van der Waals surface area (Å²) in [4.78, 5) is 0. The first kappa shape index (κ1) is 10.8. The van der Waals surface area contributed by atoms with E-state index in [0.29, 0.717) is 6.54 Å². The van der Waals surface area contributed by atoms with Crippen molar-refractivity contribution < 1.29 is 0 Å². The van der Waals surface area contributed by atoms with E-state index in [2.05, 4.69) is 42.2 Å². The quantitative estimate of drug-likeness (QED) is 0.832. The number of nitrogens with zero attached hydrogens (tertiary/aromatic N) is 2. The molecule has 0 spiro atoms. The molecule has 2 aromatic rings. The molecule has 3 nitrogen and oxygen atoms in total. The van der Waals surface area contributed by atoms with Crippen molar-refractivity contribution in [2.45, 2.75) is 20.4 Å². The van der Waals surface area contributed by atoms with Crippen LogP contribution in [0, 0.1) is 13.8 Å². The van der Waals surface area contributed by atoms with Crippen LogP contribution in [0.4, 0.5) is 0 Å². The highest BCUT2D eigenvalue weighted by atomic mass is 15.1. The molecule has 3 heteroatoms. The van der Waals surface area contributed by atoms with Gasteiger partial charge in [0, 0.05) is 12.1 Å². The van der Waals surface area contributed by atoms with Crippen LogP contribution in [0.15, 0.2) is 30.3 Å². The summed E-state index contributed by atoms with van der Waals surface area (Å²) in [7, 11) is 0. The van der Waals surface area contributed by atoms with Gasteiger partial charge in [-0.1, -0.05) is 17.7 Å². The summed E-state index contributed by atoms with van der Waals surface area (Å²) < 4.78 is 0. The zero-order chi connectivity index (χ0) is 11.5. The fourth-order valence-corrected chi connectivity index (χ4v) is 1.62. The molecule has 0 unspecified atom stereocenters. The van der Waals surface area contributed by atoms with E-state index in [1.54, 1.807) is 0 Å². The standard InChI is InChI=1S/C13H15N3/c1-9-3-4-10(2)12(7-9)13-6-5-11(8-14)15-16-13/h3-7H,8,14H2,1-2H3. The normalized spacial score (nSPS) is 10.4. The molecule has 1 aromatic heterocycles. The zero-order valence-corrected chi connectivity index (χ0v) is 9.57. The van der Waals surface area contributed by atoms with Crippen molar-refractivity contribution in [3.8, 4) is 11.3 Å². The lowest BCUT2D eigenvalue weighted by atomic mass is 10.0. The zero-order valence-electron chi connectivity index (χ0n) is 9.57. The molecule has 0 aliphatic rings. The van der Waals surface area contributed by atoms with Gasteiger partial charge in [0.05, 0.1) is 11.4 Å². The van der Waals surface area contributed by atoms with Gasteiger partial charge in [-0.25, -0.2) is 0 Å². The number of aryl methyl sites for hydroxylation is 2. The summed E-state index contributed by atoms with van der Waals surface area (Å²) in [5.74, 6) is 0. The maximum absolute atomic E-state index is 5.49. The van der Waals surface area contributed by atoms with E-state index >= 15 is 0 Å². The molecule has 2 rings (SSSR count). The highest BCUT2D eigenvalue weighted by molar-refractivity contribution is 5.63. The van der Waals surface area contributed by atoms with Gasteiger partial charge in [-0.2, -0.15) is 10.2 Å². The van der Waals surface area contributed by atoms with E-state index in [1.807, 2.05) is 12.1 Å². The first-order valence-electron chi connectivity index (χ1n) is 5.31. The first-order valence-corrected chi connectivity index (χ1v) is 5.31. The minimum Gasteiger partial charge on any atom is -0.325 e. The SMILES string of the molecule is Cc1ccc(C)c(-c2ccc(CN)nn2)c1. The molecular formula is C13H15N3. The van der Waals surface area contributed by atoms with Crippen LogP contribution in [-0.4, -0.2) is 10.2 Å². The van der Waals surface area contributed by atoms with Crippen molar-refractivity contribution in [1.29, 1.82) is 0 Å². The highest BCUT2D eigenvalue weighted by Gasteiger charge is 2.04. The summed E-state index contributed by atoms with van der Waals surface area (Å²) in [6.07, 6.45) is 0. The Morgan fingerprint density at radius 1 is 1.06 bits per heavy atom. The van der Waals surface area contributed by atoms with Gasteiger partial charge in [0.15, 0.2) is 0 Å². The van der Waals surface area contributed by atoms with E-state index < -0.39 is 0 Å². The molecule has 0 aliphatic heterocycles. The van der Waals surface area contributed by atoms with Gasteiger partial charge < -0.3 is 5.73 Å². The molecule has 0 amide bonds. The van der Waals surface area contributed by atoms with Crippen LogP contribution < -0.4 is 5.73 Å². The van der Waals surface area contributed by atoms with Crippen LogP contribution in [0.25, 0.3) is 11.3 Å². The van der Waals surface area contributed by atoms with Crippen LogP contribution in [0.5, 0.6) is 0 Å². The van der Waals surface area contributed by atoms with Gasteiger partial charge in [0.1, 0.15) is 0 Å². The number of hydrogen-bond donors (Lipinski definition) is 1. The second-order valence-corrected chi connectivity index (χ2v) is 3.93. The molecule has 1 heterocycles. The minimum atomic E-state index is 0.431. The summed E-state index contributed by atoms with van der Waals surface area (Å²) in [5.41, 5.74) is 10.8. The third-order valence-electron chi connectivity index (χ3n) is 2.60. The van der Waals surface area contributed by atoms with E-state index in [1.165, 1.54) is 11.1 Å². The monoisotopic (exact) mass is 213 g/mol. The maximum atomic E-state index is 5.49. The molecular weight excluding hydrogens is 198 g/mol. The predicted octanol–water partition coefficient (Wildman–Crippen LogP) is 2.22. The van der Waals surface area contributed by atoms with Crippen LogP contribution in [-0.2, 0) is 6.54 Å². The Hall–Kier alpha value is -1.74. The number of hydrogen-bond acceptors (Lipinski definition) is 3. The molecule has 0 radical (unpaired) electrons. The van der Waals surface area contributed by atoms with Crippen molar-refractivity contribution in [1.82, 2.24) is 10.2 Å². The lowest BCUT2D eigenvalue weighted by Gasteiger charge is -2.06. The predicted molar refractivity (Wildman–Crippen MR) is 64.8 cm³/mol. The van der Waals surface area contributed by atoms with Gasteiger partial charge in [-0.05, 0) is 37.6 Å². The third kappa shape index (κ3) is 2.09. The summed E-state index contributed by atoms with van der Waals surface area (Å²) in [6, 6.07) is 10.2. The lowest BCUT2D eigenvalue weighted by molar-refractivity contribution is 0.902. The number of nitrogens with two attached hydrogens (primary N) is 1. The molecule has 16 heavy (non-hydrogen) atoms. The fourth-order valence-electron chi connectivity index (χ4n) is 1.62. The molecule has 0 saturated heterocycles. The van der Waals surface area contributed by atoms with E-state index in [0.717, 1.165) is 17.0 Å². The molecule has 0 saturated carbocycles. The van der Waals surface area contributed by atoms with Gasteiger partial charge in [-0.15, -0.1) is 0 Å². The number of rotatable bonds is 2. The topological polar surface area (TPSA) is 51.8 Å². The number of aromatic nitrogens is 2. The second kappa shape index (κ2) is 4.41. The first-order chi connectivity index (χ1) is 7.70. The average Bonchev–Trinajstić information content (AvgIpc) is 2.32. The smallest absolute Gasteiger partial charge is 0.0932 e. The van der Waals surface area contributed by atoms with E-state index in [9.17, 15) is 0 Å². The fraction of sp³-hybridized carbons (Fsp3) is 0.231. The molecule has 0 fully saturated rings. The summed E-state index contributed by atoms with van der Waals surface area (Å²) >= 11 is 0. The van der Waals surface area contributed by atoms with Crippen molar-refractivity contribution in [2.75, 3.05) is 0 Å². The average molecular weight is 213 g/mol. The molecule has 0 bridgehead atoms. The molecule has 0 aliphatic carbocycles. The Labute approximate surface area is 95.3 Å². The second-order valence-electron chi connectivity index (χ2n) is 3.93. The van der Waals surface area contributed by atoms with Crippen molar-refractivity contribution in [3.63, 3.8) is 0 Å². The summed E-state index contributed by atoms with van der Waals surface area (Å²) in [5, 5.41) is 8.26. The third-order valence-corrected chi connectivity index (χ3v) is 2.60. The van der Waals surface area contributed by atoms with Gasteiger partial charge >= 0.3 is 0 Å². The Kier molecular flexibility index (Phi) is 2.97. The van der Waals surface area contributed by atoms with Gasteiger partial charge in [0.2, 0.25) is 0 Å². The van der Waals surface area contributed by atoms with Gasteiger partial charge in [0.25, 0.3) is 0 Å². The number of benzene rings is 1. The molecule has 0 atom stereocenters. The highest BCUT2D eigenvalue weighted by Crippen LogP contribution is 2.21. The Morgan fingerprint density at radius 2 is 1.88 bits per heavy atom. The van der Waals surface area contributed by atoms with E-state index in [4.69, 9.17) is 5.73 Å². The van der Waals surface area contributed by atoms with Crippen LogP contribution >= 0.6 is 0 Å². The van der Waals surface area contributed by atoms with E-state index in [-0.39, 0.29) is 0 Å². The molecule has 82 valence electrons. The lowest BCUT2D eigenvalue weighted by Crippen LogP contribution is -2.01. The Morgan fingerprint density at radius 3 is 2.50 bits per heavy atom. The van der Waals surface area contributed by atoms with Crippen molar-refractivity contribution in [2.24, 2.45) is 5.73 Å². The molecule has 2 N–H and O–H groups in total. The maximum Gasteiger partial charge on any atom is 0.0932 e. The van der Waals surface area contributed by atoms with Crippen LogP contribution in [0.1, 0.15) is 16.8 Å². The van der Waals surface area contributed by atoms with Crippen molar-refractivity contribution in [3.05, 3.63) is 47.2 Å². The Balaban J connectivity index is 2.45. The van der Waals surface area contributed by atoms with Crippen LogP contribution in [0.3, 0.4) is 0 Å².